The van der Waals surface area contributed by atoms with E-state index in [-0.39, 0.29) is 16.2 Å². The maximum Gasteiger partial charge on any atom is 0.306 e. The normalized spacial score (nSPS) is 13.5. The van der Waals surface area contributed by atoms with Crippen LogP contribution in [0.15, 0.2) is 36.4 Å². The van der Waals surface area contributed by atoms with Gasteiger partial charge >= 0.3 is 5.97 Å². The van der Waals surface area contributed by atoms with Gasteiger partial charge in [0.2, 0.25) is 0 Å². The predicted octanol–water partition coefficient (Wildman–Crippen LogP) is 4.44. The fraction of sp³-hybridized carbons (Fsp3) is 0.438. The number of carbonyl (C=O) groups excluding carboxylic acids is 1. The van der Waals surface area contributed by atoms with Gasteiger partial charge in [-0.1, -0.05) is 72.3 Å². The van der Waals surface area contributed by atoms with Gasteiger partial charge in [-0.15, -0.1) is 0 Å². The number of esters is 1. The number of benzene rings is 1. The van der Waals surface area contributed by atoms with Crippen LogP contribution in [-0.2, 0) is 9.53 Å². The van der Waals surface area contributed by atoms with Crippen molar-refractivity contribution < 1.29 is 9.53 Å². The Hall–Kier alpha value is -1.09. The first kappa shape index (κ1) is 16.0. The molecule has 104 valence electrons. The maximum atomic E-state index is 11.6. The molecule has 3 heteroatoms. The Morgan fingerprint density at radius 2 is 2.00 bits per heavy atom. The molecule has 0 N–H and O–H groups in total. The van der Waals surface area contributed by atoms with Crippen molar-refractivity contribution in [2.24, 2.45) is 5.41 Å². The predicted molar refractivity (Wildman–Crippen MR) is 83.2 cm³/mol. The molecule has 0 aliphatic rings. The van der Waals surface area contributed by atoms with Gasteiger partial charge in [0.15, 0.2) is 0 Å². The second-order valence-corrected chi connectivity index (χ2v) is 6.13. The van der Waals surface area contributed by atoms with Gasteiger partial charge in [0.1, 0.15) is 0 Å². The minimum Gasteiger partial charge on any atom is -0.466 e. The second-order valence-electron chi connectivity index (χ2n) is 5.14. The zero-order chi connectivity index (χ0) is 14.3. The molecular weight excluding hydrogens is 304 g/mol. The summed E-state index contributed by atoms with van der Waals surface area (Å²) in [4.78, 5) is 11.7. The molecule has 0 amide bonds. The van der Waals surface area contributed by atoms with Gasteiger partial charge in [-0.05, 0) is 17.9 Å². The number of alkyl halides is 1. The maximum absolute atomic E-state index is 11.6. The van der Waals surface area contributed by atoms with Gasteiger partial charge in [0, 0.05) is 4.83 Å². The molecule has 0 aliphatic heterocycles. The molecule has 0 aromatic heterocycles. The van der Waals surface area contributed by atoms with Crippen LogP contribution in [0.5, 0.6) is 0 Å². The lowest BCUT2D eigenvalue weighted by Crippen LogP contribution is -2.27. The monoisotopic (exact) mass is 324 g/mol. The van der Waals surface area contributed by atoms with Crippen LogP contribution in [-0.4, -0.2) is 17.4 Å². The third-order valence-electron chi connectivity index (χ3n) is 2.91. The third kappa shape index (κ3) is 5.60. The molecule has 1 aromatic carbocycles. The Morgan fingerprint density at radius 1 is 1.37 bits per heavy atom. The quantitative estimate of drug-likeness (QED) is 0.571. The fourth-order valence-corrected chi connectivity index (χ4v) is 2.02. The number of rotatable bonds is 6. The van der Waals surface area contributed by atoms with Crippen LogP contribution in [0.3, 0.4) is 0 Å². The van der Waals surface area contributed by atoms with E-state index in [0.29, 0.717) is 13.0 Å². The van der Waals surface area contributed by atoms with Crippen molar-refractivity contribution >= 4 is 28.0 Å². The largest absolute Gasteiger partial charge is 0.466 e. The summed E-state index contributed by atoms with van der Waals surface area (Å²) in [5.74, 6) is -0.148. The molecule has 2 nitrogen and oxygen atoms in total. The highest BCUT2D eigenvalue weighted by atomic mass is 79.9. The van der Waals surface area contributed by atoms with Crippen LogP contribution in [0.1, 0.15) is 32.8 Å². The molecule has 0 spiro atoms. The summed E-state index contributed by atoms with van der Waals surface area (Å²) in [6.45, 7) is 6.37. The Balaban J connectivity index is 2.63. The van der Waals surface area contributed by atoms with E-state index in [4.69, 9.17) is 4.74 Å². The number of hydrogen-bond acceptors (Lipinski definition) is 2. The summed E-state index contributed by atoms with van der Waals surface area (Å²) < 4.78 is 5.01. The molecule has 1 aromatic rings. The first-order valence-corrected chi connectivity index (χ1v) is 7.40. The van der Waals surface area contributed by atoms with Gasteiger partial charge < -0.3 is 4.74 Å². The SMILES string of the molecule is CCOC(=O)CC(C)(C)C(Br)C=Cc1ccccc1. The summed E-state index contributed by atoms with van der Waals surface area (Å²) in [7, 11) is 0. The lowest BCUT2D eigenvalue weighted by Gasteiger charge is -2.27. The minimum absolute atomic E-state index is 0.115. The topological polar surface area (TPSA) is 26.3 Å². The molecule has 19 heavy (non-hydrogen) atoms. The number of halogens is 1. The van der Waals surface area contributed by atoms with Gasteiger partial charge in [0.05, 0.1) is 13.0 Å². The van der Waals surface area contributed by atoms with Crippen molar-refractivity contribution in [3.05, 3.63) is 42.0 Å². The van der Waals surface area contributed by atoms with E-state index < -0.39 is 0 Å². The Kier molecular flexibility index (Phi) is 6.29. The van der Waals surface area contributed by atoms with Gasteiger partial charge in [-0.3, -0.25) is 4.79 Å². The van der Waals surface area contributed by atoms with Crippen molar-refractivity contribution in [1.82, 2.24) is 0 Å². The Morgan fingerprint density at radius 3 is 2.58 bits per heavy atom. The zero-order valence-corrected chi connectivity index (χ0v) is 13.3. The Labute approximate surface area is 124 Å². The summed E-state index contributed by atoms with van der Waals surface area (Å²) in [5.41, 5.74) is 0.969. The number of allylic oxidation sites excluding steroid dienone is 1. The summed E-state index contributed by atoms with van der Waals surface area (Å²) in [5, 5.41) is 0. The van der Waals surface area contributed by atoms with Crippen LogP contribution >= 0.6 is 15.9 Å². The highest BCUT2D eigenvalue weighted by molar-refractivity contribution is 9.09. The molecule has 1 rings (SSSR count). The number of hydrogen-bond donors (Lipinski definition) is 0. The van der Waals surface area contributed by atoms with Crippen LogP contribution in [0.25, 0.3) is 6.08 Å². The third-order valence-corrected chi connectivity index (χ3v) is 4.45. The molecule has 1 atom stereocenters. The van der Waals surface area contributed by atoms with Crippen molar-refractivity contribution in [3.8, 4) is 0 Å². The summed E-state index contributed by atoms with van der Waals surface area (Å²) >= 11 is 3.64. The molecule has 0 saturated heterocycles. The van der Waals surface area contributed by atoms with E-state index in [1.54, 1.807) is 0 Å². The standard InChI is InChI=1S/C16H21BrO2/c1-4-19-15(18)12-16(2,3)14(17)11-10-13-8-6-5-7-9-13/h5-11,14H,4,12H2,1-3H3. The molecule has 0 radical (unpaired) electrons. The van der Waals surface area contributed by atoms with Gasteiger partial charge in [-0.25, -0.2) is 0 Å². The van der Waals surface area contributed by atoms with E-state index in [2.05, 4.69) is 54.1 Å². The molecule has 0 fully saturated rings. The van der Waals surface area contributed by atoms with Crippen molar-refractivity contribution in [2.75, 3.05) is 6.61 Å². The van der Waals surface area contributed by atoms with E-state index >= 15 is 0 Å². The summed E-state index contributed by atoms with van der Waals surface area (Å²) in [6, 6.07) is 10.1. The van der Waals surface area contributed by atoms with Crippen molar-refractivity contribution in [1.29, 1.82) is 0 Å². The number of carbonyl (C=O) groups is 1. The first-order chi connectivity index (χ1) is 8.95. The molecule has 0 aliphatic carbocycles. The van der Waals surface area contributed by atoms with Gasteiger partial charge in [-0.2, -0.15) is 0 Å². The highest BCUT2D eigenvalue weighted by Crippen LogP contribution is 2.32. The molecule has 0 bridgehead atoms. The van der Waals surface area contributed by atoms with E-state index in [1.807, 2.05) is 25.1 Å². The number of ether oxygens (including phenoxy) is 1. The average molecular weight is 325 g/mol. The van der Waals surface area contributed by atoms with Gasteiger partial charge in [0.25, 0.3) is 0 Å². The lowest BCUT2D eigenvalue weighted by atomic mass is 9.85. The average Bonchev–Trinajstić information content (AvgIpc) is 2.36. The Bertz CT molecular complexity index is 424. The fourth-order valence-electron chi connectivity index (χ4n) is 1.70. The van der Waals surface area contributed by atoms with Crippen LogP contribution in [0, 0.1) is 5.41 Å². The molecule has 0 saturated carbocycles. The first-order valence-electron chi connectivity index (χ1n) is 6.48. The van der Waals surface area contributed by atoms with Crippen LogP contribution in [0.2, 0.25) is 0 Å². The van der Waals surface area contributed by atoms with Crippen molar-refractivity contribution in [2.45, 2.75) is 32.0 Å². The minimum atomic E-state index is -0.183. The van der Waals surface area contributed by atoms with Crippen LogP contribution in [0.4, 0.5) is 0 Å². The molecule has 1 unspecified atom stereocenters. The van der Waals surface area contributed by atoms with E-state index in [0.717, 1.165) is 5.56 Å². The highest BCUT2D eigenvalue weighted by Gasteiger charge is 2.29. The zero-order valence-electron chi connectivity index (χ0n) is 11.7. The van der Waals surface area contributed by atoms with Crippen LogP contribution < -0.4 is 0 Å². The smallest absolute Gasteiger partial charge is 0.306 e. The van der Waals surface area contributed by atoms with E-state index in [1.165, 1.54) is 0 Å². The summed E-state index contributed by atoms with van der Waals surface area (Å²) in [6.07, 6.45) is 4.54. The van der Waals surface area contributed by atoms with Crippen molar-refractivity contribution in [3.63, 3.8) is 0 Å². The molecular formula is C16H21BrO2. The molecule has 0 heterocycles. The lowest BCUT2D eigenvalue weighted by molar-refractivity contribution is -0.145. The second kappa shape index (κ2) is 7.49. The van der Waals surface area contributed by atoms with E-state index in [9.17, 15) is 4.79 Å².